The standard InChI is InChI=1S/C22H22O11S/c1-27-14-5-10(6-15(28-2)20(14)29-3)17-12-7-16-21(32-9-31-16)19(33-34(24,25)26)13(12)4-11-8-30-22(23)18(11)17/h5-7,11,17-18H,4,8-9H2,1-3H3,(H,24,25,26)/t11-,17-,18+/m1/s1. The Morgan fingerprint density at radius 3 is 2.29 bits per heavy atom. The maximum absolute atomic E-state index is 12.8. The molecule has 1 aliphatic carbocycles. The second-order valence-electron chi connectivity index (χ2n) is 8.07. The first-order valence-corrected chi connectivity index (χ1v) is 11.7. The minimum absolute atomic E-state index is 0.0729. The fraction of sp³-hybridized carbons (Fsp3) is 0.409. The molecule has 0 saturated carbocycles. The van der Waals surface area contributed by atoms with Gasteiger partial charge in [0.2, 0.25) is 18.3 Å². The zero-order valence-corrected chi connectivity index (χ0v) is 19.3. The van der Waals surface area contributed by atoms with Crippen LogP contribution in [0.2, 0.25) is 0 Å². The molecule has 34 heavy (non-hydrogen) atoms. The summed E-state index contributed by atoms with van der Waals surface area (Å²) in [5.41, 5.74) is 1.71. The normalized spacial score (nSPS) is 22.5. The second-order valence-corrected chi connectivity index (χ2v) is 9.10. The van der Waals surface area contributed by atoms with Gasteiger partial charge in [0.1, 0.15) is 0 Å². The van der Waals surface area contributed by atoms with E-state index >= 15 is 0 Å². The Hall–Kier alpha value is -3.38. The Morgan fingerprint density at radius 1 is 0.971 bits per heavy atom. The lowest BCUT2D eigenvalue weighted by molar-refractivity contribution is -0.141. The first kappa shape index (κ1) is 22.4. The maximum atomic E-state index is 12.8. The van der Waals surface area contributed by atoms with E-state index in [1.54, 1.807) is 18.2 Å². The van der Waals surface area contributed by atoms with Gasteiger partial charge in [-0.05, 0) is 35.7 Å². The van der Waals surface area contributed by atoms with Crippen LogP contribution in [0.3, 0.4) is 0 Å². The molecule has 2 heterocycles. The van der Waals surface area contributed by atoms with Crippen LogP contribution < -0.4 is 27.9 Å². The van der Waals surface area contributed by atoms with Crippen molar-refractivity contribution in [3.8, 4) is 34.5 Å². The van der Waals surface area contributed by atoms with Crippen molar-refractivity contribution in [2.75, 3.05) is 34.7 Å². The van der Waals surface area contributed by atoms with Gasteiger partial charge in [-0.1, -0.05) is 0 Å². The van der Waals surface area contributed by atoms with Crippen molar-refractivity contribution in [3.63, 3.8) is 0 Å². The van der Waals surface area contributed by atoms with Crippen molar-refractivity contribution in [1.29, 1.82) is 0 Å². The molecule has 2 aromatic rings. The molecule has 0 radical (unpaired) electrons. The molecule has 2 aromatic carbocycles. The Morgan fingerprint density at radius 2 is 1.68 bits per heavy atom. The van der Waals surface area contributed by atoms with Crippen LogP contribution in [0.5, 0.6) is 34.5 Å². The second kappa shape index (κ2) is 8.13. The average Bonchev–Trinajstić information content (AvgIpc) is 3.42. The molecule has 0 unspecified atom stereocenters. The van der Waals surface area contributed by atoms with Crippen LogP contribution in [0.1, 0.15) is 22.6 Å². The lowest BCUT2D eigenvalue weighted by Gasteiger charge is -2.34. The lowest BCUT2D eigenvalue weighted by atomic mass is 9.67. The zero-order valence-electron chi connectivity index (χ0n) is 18.5. The number of carbonyl (C=O) groups is 1. The third-order valence-corrected chi connectivity index (χ3v) is 6.75. The van der Waals surface area contributed by atoms with E-state index in [0.29, 0.717) is 33.9 Å². The molecular weight excluding hydrogens is 472 g/mol. The number of esters is 1. The molecule has 12 heteroatoms. The van der Waals surface area contributed by atoms with Crippen molar-refractivity contribution in [3.05, 3.63) is 34.9 Å². The van der Waals surface area contributed by atoms with Gasteiger partial charge in [0.15, 0.2) is 23.0 Å². The van der Waals surface area contributed by atoms with Crippen molar-refractivity contribution in [1.82, 2.24) is 0 Å². The van der Waals surface area contributed by atoms with Crippen molar-refractivity contribution in [2.45, 2.75) is 12.3 Å². The van der Waals surface area contributed by atoms with Gasteiger partial charge >= 0.3 is 16.4 Å². The Kier molecular flexibility index (Phi) is 5.36. The van der Waals surface area contributed by atoms with E-state index in [9.17, 15) is 17.8 Å². The molecule has 182 valence electrons. The number of hydrogen-bond acceptors (Lipinski definition) is 10. The highest BCUT2D eigenvalue weighted by atomic mass is 32.3. The number of methoxy groups -OCH3 is 3. The van der Waals surface area contributed by atoms with Crippen molar-refractivity contribution < 1.29 is 50.4 Å². The van der Waals surface area contributed by atoms with Gasteiger partial charge < -0.3 is 32.6 Å². The third-order valence-electron chi connectivity index (χ3n) is 6.37. The Balaban J connectivity index is 1.77. The van der Waals surface area contributed by atoms with E-state index in [4.69, 9.17) is 32.6 Å². The summed E-state index contributed by atoms with van der Waals surface area (Å²) < 4.78 is 70.5. The summed E-state index contributed by atoms with van der Waals surface area (Å²) in [6, 6.07) is 5.17. The Labute approximate surface area is 195 Å². The minimum Gasteiger partial charge on any atom is -0.493 e. The molecule has 1 fully saturated rings. The third kappa shape index (κ3) is 3.53. The van der Waals surface area contributed by atoms with E-state index in [1.807, 2.05) is 0 Å². The zero-order chi connectivity index (χ0) is 24.2. The van der Waals surface area contributed by atoms with Crippen LogP contribution in [0.25, 0.3) is 0 Å². The fourth-order valence-electron chi connectivity index (χ4n) is 5.05. The molecule has 5 rings (SSSR count). The highest BCUT2D eigenvalue weighted by molar-refractivity contribution is 7.81. The molecule has 1 saturated heterocycles. The average molecular weight is 494 g/mol. The number of ether oxygens (including phenoxy) is 6. The summed E-state index contributed by atoms with van der Waals surface area (Å²) in [7, 11) is -0.412. The first-order chi connectivity index (χ1) is 16.3. The van der Waals surface area contributed by atoms with E-state index in [0.717, 1.165) is 0 Å². The van der Waals surface area contributed by atoms with E-state index in [2.05, 4.69) is 0 Å². The summed E-state index contributed by atoms with van der Waals surface area (Å²) in [6.07, 6.45) is 0.272. The van der Waals surface area contributed by atoms with Crippen LogP contribution in [0.4, 0.5) is 0 Å². The lowest BCUT2D eigenvalue weighted by Crippen LogP contribution is -2.32. The van der Waals surface area contributed by atoms with Crippen molar-refractivity contribution in [2.24, 2.45) is 11.8 Å². The van der Waals surface area contributed by atoms with Gasteiger partial charge in [-0.3, -0.25) is 9.35 Å². The number of rotatable bonds is 6. The molecular formula is C22H22O11S. The van der Waals surface area contributed by atoms with E-state index in [-0.39, 0.29) is 49.0 Å². The smallest absolute Gasteiger partial charge is 0.446 e. The van der Waals surface area contributed by atoms with Crippen LogP contribution in [-0.2, 0) is 26.4 Å². The molecule has 0 aromatic heterocycles. The number of fused-ring (bicyclic) bond motifs is 3. The van der Waals surface area contributed by atoms with E-state index in [1.165, 1.54) is 21.3 Å². The summed E-state index contributed by atoms with van der Waals surface area (Å²) in [5, 5.41) is 0. The van der Waals surface area contributed by atoms with Gasteiger partial charge in [0.05, 0.1) is 33.9 Å². The molecule has 11 nitrogen and oxygen atoms in total. The summed E-state index contributed by atoms with van der Waals surface area (Å²) in [4.78, 5) is 12.8. The molecule has 0 bridgehead atoms. The Bertz CT molecular complexity index is 1250. The summed E-state index contributed by atoms with van der Waals surface area (Å²) >= 11 is 0. The molecule has 3 aliphatic rings. The van der Waals surface area contributed by atoms with Gasteiger partial charge in [-0.2, -0.15) is 8.42 Å². The topological polar surface area (TPSA) is 136 Å². The number of benzene rings is 2. The maximum Gasteiger partial charge on any atom is 0.446 e. The number of hydrogen-bond donors (Lipinski definition) is 1. The highest BCUT2D eigenvalue weighted by Crippen LogP contribution is 2.56. The molecule has 0 spiro atoms. The summed E-state index contributed by atoms with van der Waals surface area (Å²) in [5.74, 6) is -0.478. The van der Waals surface area contributed by atoms with Crippen LogP contribution in [-0.4, -0.2) is 53.7 Å². The molecule has 1 N–H and O–H groups in total. The summed E-state index contributed by atoms with van der Waals surface area (Å²) in [6.45, 7) is 0.00737. The fourth-order valence-corrected chi connectivity index (χ4v) is 5.44. The SMILES string of the molecule is COc1cc([C@@H]2c3cc4c(c(OS(=O)(=O)O)c3C[C@@H]3COC(=O)[C@@H]32)OCO4)cc(OC)c1OC. The quantitative estimate of drug-likeness (QED) is 0.467. The van der Waals surface area contributed by atoms with Crippen LogP contribution in [0.15, 0.2) is 18.2 Å². The monoisotopic (exact) mass is 494 g/mol. The molecule has 2 aliphatic heterocycles. The minimum atomic E-state index is -4.87. The predicted octanol–water partition coefficient (Wildman–Crippen LogP) is 2.10. The first-order valence-electron chi connectivity index (χ1n) is 10.3. The largest absolute Gasteiger partial charge is 0.493 e. The molecule has 3 atom stereocenters. The van der Waals surface area contributed by atoms with Gasteiger partial charge in [0.25, 0.3) is 0 Å². The number of cyclic esters (lactones) is 1. The van der Waals surface area contributed by atoms with Gasteiger partial charge in [-0.25, -0.2) is 0 Å². The van der Waals surface area contributed by atoms with Crippen molar-refractivity contribution >= 4 is 16.4 Å². The van der Waals surface area contributed by atoms with Crippen LogP contribution in [0, 0.1) is 11.8 Å². The highest BCUT2D eigenvalue weighted by Gasteiger charge is 2.50. The van der Waals surface area contributed by atoms with E-state index < -0.39 is 22.2 Å². The molecule has 0 amide bonds. The van der Waals surface area contributed by atoms with Gasteiger partial charge in [-0.15, -0.1) is 0 Å². The van der Waals surface area contributed by atoms with Gasteiger partial charge in [0, 0.05) is 17.4 Å². The number of carbonyl (C=O) groups excluding carboxylic acids is 1. The van der Waals surface area contributed by atoms with Crippen LogP contribution >= 0.6 is 0 Å². The predicted molar refractivity (Wildman–Crippen MR) is 114 cm³/mol.